The Balaban J connectivity index is 3.39. The molecule has 0 aliphatic heterocycles. The van der Waals surface area contributed by atoms with Crippen molar-refractivity contribution in [2.45, 2.75) is 40.0 Å². The van der Waals surface area contributed by atoms with Gasteiger partial charge in [-0.3, -0.25) is 4.79 Å². The highest BCUT2D eigenvalue weighted by Gasteiger charge is 2.07. The van der Waals surface area contributed by atoms with Crippen molar-refractivity contribution in [3.8, 4) is 0 Å². The maximum absolute atomic E-state index is 11.1. The molecular weight excluding hydrogens is 180 g/mol. The van der Waals surface area contributed by atoms with Gasteiger partial charge in [0, 0.05) is 13.0 Å². The zero-order valence-corrected chi connectivity index (χ0v) is 9.45. The van der Waals surface area contributed by atoms with Crippen LogP contribution in [0.3, 0.4) is 0 Å². The van der Waals surface area contributed by atoms with E-state index in [2.05, 4.69) is 0 Å². The predicted molar refractivity (Wildman–Crippen MR) is 55.9 cm³/mol. The lowest BCUT2D eigenvalue weighted by Gasteiger charge is -2.10. The number of carbonyl (C=O) groups excluding carboxylic acids is 1. The summed E-state index contributed by atoms with van der Waals surface area (Å²) < 4.78 is 5.05. The van der Waals surface area contributed by atoms with Crippen molar-refractivity contribution in [3.63, 3.8) is 0 Å². The van der Waals surface area contributed by atoms with Crippen molar-refractivity contribution in [1.82, 2.24) is 0 Å². The van der Waals surface area contributed by atoms with Gasteiger partial charge in [-0.2, -0.15) is 0 Å². The highest BCUT2D eigenvalue weighted by atomic mass is 16.5. The van der Waals surface area contributed by atoms with E-state index in [1.54, 1.807) is 0 Å². The van der Waals surface area contributed by atoms with E-state index in [-0.39, 0.29) is 12.6 Å². The van der Waals surface area contributed by atoms with E-state index in [0.29, 0.717) is 24.9 Å². The van der Waals surface area contributed by atoms with Crippen LogP contribution >= 0.6 is 0 Å². The number of aliphatic hydroxyl groups is 1. The van der Waals surface area contributed by atoms with E-state index in [1.165, 1.54) is 0 Å². The molecule has 0 aliphatic rings. The SMILES string of the molecule is CC(C)CC(=O)OCCC(C)CCO. The van der Waals surface area contributed by atoms with Crippen LogP contribution in [0.5, 0.6) is 0 Å². The van der Waals surface area contributed by atoms with Gasteiger partial charge < -0.3 is 9.84 Å². The Morgan fingerprint density at radius 2 is 1.93 bits per heavy atom. The Labute approximate surface area is 86.5 Å². The van der Waals surface area contributed by atoms with Crippen LogP contribution in [-0.2, 0) is 9.53 Å². The Kier molecular flexibility index (Phi) is 7.48. The third kappa shape index (κ3) is 8.05. The quantitative estimate of drug-likeness (QED) is 0.642. The standard InChI is InChI=1S/C11H22O3/c1-9(2)8-11(13)14-7-5-10(3)4-6-12/h9-10,12H,4-8H2,1-3H3. The molecule has 1 unspecified atom stereocenters. The van der Waals surface area contributed by atoms with Crippen molar-refractivity contribution in [2.75, 3.05) is 13.2 Å². The van der Waals surface area contributed by atoms with Gasteiger partial charge in [-0.25, -0.2) is 0 Å². The Morgan fingerprint density at radius 1 is 1.29 bits per heavy atom. The molecule has 0 bridgehead atoms. The van der Waals surface area contributed by atoms with Crippen molar-refractivity contribution in [3.05, 3.63) is 0 Å². The smallest absolute Gasteiger partial charge is 0.306 e. The molecule has 1 N–H and O–H groups in total. The maximum atomic E-state index is 11.1. The summed E-state index contributed by atoms with van der Waals surface area (Å²) in [5, 5.41) is 8.66. The molecule has 0 amide bonds. The van der Waals surface area contributed by atoms with E-state index in [9.17, 15) is 4.79 Å². The molecule has 84 valence electrons. The summed E-state index contributed by atoms with van der Waals surface area (Å²) in [4.78, 5) is 11.1. The summed E-state index contributed by atoms with van der Waals surface area (Å²) in [6.45, 7) is 6.73. The average molecular weight is 202 g/mol. The first-order valence-electron chi connectivity index (χ1n) is 5.32. The number of carbonyl (C=O) groups is 1. The normalized spacial score (nSPS) is 12.9. The topological polar surface area (TPSA) is 46.5 Å². The summed E-state index contributed by atoms with van der Waals surface area (Å²) in [6, 6.07) is 0. The lowest BCUT2D eigenvalue weighted by atomic mass is 10.1. The van der Waals surface area contributed by atoms with Gasteiger partial charge in [-0.05, 0) is 24.7 Å². The van der Waals surface area contributed by atoms with Crippen molar-refractivity contribution in [2.24, 2.45) is 11.8 Å². The van der Waals surface area contributed by atoms with Crippen LogP contribution in [0.1, 0.15) is 40.0 Å². The predicted octanol–water partition coefficient (Wildman–Crippen LogP) is 1.98. The van der Waals surface area contributed by atoms with E-state index in [1.807, 2.05) is 20.8 Å². The fraction of sp³-hybridized carbons (Fsp3) is 0.909. The molecule has 0 fully saturated rings. The Hall–Kier alpha value is -0.570. The van der Waals surface area contributed by atoms with Gasteiger partial charge in [0.05, 0.1) is 6.61 Å². The van der Waals surface area contributed by atoms with E-state index in [4.69, 9.17) is 9.84 Å². The van der Waals surface area contributed by atoms with Gasteiger partial charge in [-0.15, -0.1) is 0 Å². The first-order valence-corrected chi connectivity index (χ1v) is 5.32. The molecule has 0 aromatic rings. The molecule has 0 saturated carbocycles. The van der Waals surface area contributed by atoms with Gasteiger partial charge in [0.1, 0.15) is 0 Å². The van der Waals surface area contributed by atoms with Crippen LogP contribution in [-0.4, -0.2) is 24.3 Å². The van der Waals surface area contributed by atoms with Crippen LogP contribution in [0, 0.1) is 11.8 Å². The maximum Gasteiger partial charge on any atom is 0.306 e. The van der Waals surface area contributed by atoms with Crippen molar-refractivity contribution < 1.29 is 14.6 Å². The van der Waals surface area contributed by atoms with Crippen LogP contribution in [0.2, 0.25) is 0 Å². The van der Waals surface area contributed by atoms with Crippen molar-refractivity contribution in [1.29, 1.82) is 0 Å². The first-order chi connectivity index (χ1) is 6.56. The van der Waals surface area contributed by atoms with Gasteiger partial charge in [-0.1, -0.05) is 20.8 Å². The molecule has 14 heavy (non-hydrogen) atoms. The van der Waals surface area contributed by atoms with E-state index in [0.717, 1.165) is 12.8 Å². The van der Waals surface area contributed by atoms with Gasteiger partial charge in [0.25, 0.3) is 0 Å². The molecule has 1 atom stereocenters. The second kappa shape index (κ2) is 7.80. The average Bonchev–Trinajstić information content (AvgIpc) is 2.02. The van der Waals surface area contributed by atoms with Crippen LogP contribution in [0.15, 0.2) is 0 Å². The van der Waals surface area contributed by atoms with Gasteiger partial charge in [0.2, 0.25) is 0 Å². The van der Waals surface area contributed by atoms with Crippen LogP contribution in [0.4, 0.5) is 0 Å². The molecule has 0 aromatic heterocycles. The molecule has 0 aromatic carbocycles. The molecule has 0 saturated heterocycles. The number of hydrogen-bond acceptors (Lipinski definition) is 3. The van der Waals surface area contributed by atoms with Gasteiger partial charge >= 0.3 is 5.97 Å². The fourth-order valence-corrected chi connectivity index (χ4v) is 1.13. The number of aliphatic hydroxyl groups excluding tert-OH is 1. The highest BCUT2D eigenvalue weighted by Crippen LogP contribution is 2.07. The molecule has 0 rings (SSSR count). The van der Waals surface area contributed by atoms with Crippen LogP contribution < -0.4 is 0 Å². The minimum atomic E-state index is -0.115. The monoisotopic (exact) mass is 202 g/mol. The first kappa shape index (κ1) is 13.4. The lowest BCUT2D eigenvalue weighted by molar-refractivity contribution is -0.144. The molecule has 0 radical (unpaired) electrons. The lowest BCUT2D eigenvalue weighted by Crippen LogP contribution is -2.11. The molecule has 3 nitrogen and oxygen atoms in total. The van der Waals surface area contributed by atoms with Gasteiger partial charge in [0.15, 0.2) is 0 Å². The summed E-state index contributed by atoms with van der Waals surface area (Å²) in [5.41, 5.74) is 0. The summed E-state index contributed by atoms with van der Waals surface area (Å²) >= 11 is 0. The largest absolute Gasteiger partial charge is 0.466 e. The molecule has 0 spiro atoms. The number of hydrogen-bond donors (Lipinski definition) is 1. The van der Waals surface area contributed by atoms with E-state index >= 15 is 0 Å². The zero-order valence-electron chi connectivity index (χ0n) is 9.45. The number of rotatable bonds is 7. The molecular formula is C11H22O3. The van der Waals surface area contributed by atoms with Crippen LogP contribution in [0.25, 0.3) is 0 Å². The second-order valence-electron chi connectivity index (χ2n) is 4.22. The molecule has 0 heterocycles. The Bertz CT molecular complexity index is 155. The second-order valence-corrected chi connectivity index (χ2v) is 4.22. The Morgan fingerprint density at radius 3 is 2.43 bits per heavy atom. The summed E-state index contributed by atoms with van der Waals surface area (Å²) in [5.74, 6) is 0.667. The fourth-order valence-electron chi connectivity index (χ4n) is 1.13. The van der Waals surface area contributed by atoms with E-state index < -0.39 is 0 Å². The third-order valence-corrected chi connectivity index (χ3v) is 2.07. The zero-order chi connectivity index (χ0) is 11.0. The number of esters is 1. The third-order valence-electron chi connectivity index (χ3n) is 2.07. The molecule has 3 heteroatoms. The highest BCUT2D eigenvalue weighted by molar-refractivity contribution is 5.69. The van der Waals surface area contributed by atoms with Crippen molar-refractivity contribution >= 4 is 5.97 Å². The minimum Gasteiger partial charge on any atom is -0.466 e. The minimum absolute atomic E-state index is 0.115. The summed E-state index contributed by atoms with van der Waals surface area (Å²) in [7, 11) is 0. The molecule has 0 aliphatic carbocycles. The number of ether oxygens (including phenoxy) is 1. The summed E-state index contributed by atoms with van der Waals surface area (Å²) in [6.07, 6.45) is 2.11.